The van der Waals surface area contributed by atoms with Crippen LogP contribution in [0.4, 0.5) is 4.39 Å². The van der Waals surface area contributed by atoms with Crippen molar-refractivity contribution in [2.75, 3.05) is 0 Å². The minimum Gasteiger partial charge on any atom is -0.399 e. The molecule has 0 atom stereocenters. The molecular formula is C17H21BFNO4S. The number of aromatic nitrogens is 1. The van der Waals surface area contributed by atoms with Crippen LogP contribution < -0.4 is 5.46 Å². The quantitative estimate of drug-likeness (QED) is 0.784. The zero-order valence-corrected chi connectivity index (χ0v) is 15.6. The van der Waals surface area contributed by atoms with E-state index in [-0.39, 0.29) is 5.25 Å². The highest BCUT2D eigenvalue weighted by atomic mass is 32.2. The molecule has 0 bridgehead atoms. The van der Waals surface area contributed by atoms with Gasteiger partial charge >= 0.3 is 7.12 Å². The van der Waals surface area contributed by atoms with Gasteiger partial charge in [0.05, 0.1) is 22.0 Å². The van der Waals surface area contributed by atoms with Gasteiger partial charge < -0.3 is 9.31 Å². The number of nitrogens with zero attached hydrogens (tertiary/aromatic N) is 1. The first-order chi connectivity index (χ1) is 11.5. The summed E-state index contributed by atoms with van der Waals surface area (Å²) < 4.78 is 52.7. The van der Waals surface area contributed by atoms with Crippen LogP contribution >= 0.6 is 0 Å². The van der Waals surface area contributed by atoms with E-state index < -0.39 is 34.2 Å². The highest BCUT2D eigenvalue weighted by Crippen LogP contribution is 2.37. The fraction of sp³-hybridized carbons (Fsp3) is 0.529. The Labute approximate surface area is 147 Å². The lowest BCUT2D eigenvalue weighted by Crippen LogP contribution is -2.41. The highest BCUT2D eigenvalue weighted by molar-refractivity contribution is 7.91. The third-order valence-electron chi connectivity index (χ3n) is 5.50. The van der Waals surface area contributed by atoms with Crippen molar-refractivity contribution < 1.29 is 22.1 Å². The van der Waals surface area contributed by atoms with Gasteiger partial charge in [0.2, 0.25) is 10.0 Å². The predicted molar refractivity (Wildman–Crippen MR) is 95.0 cm³/mol. The van der Waals surface area contributed by atoms with Gasteiger partial charge in [-0.05, 0) is 64.2 Å². The third kappa shape index (κ3) is 2.53. The molecule has 1 saturated heterocycles. The fourth-order valence-electron chi connectivity index (χ4n) is 3.12. The summed E-state index contributed by atoms with van der Waals surface area (Å²) in [5.41, 5.74) is -0.271. The minimum atomic E-state index is -3.48. The summed E-state index contributed by atoms with van der Waals surface area (Å²) in [6.45, 7) is 7.69. The van der Waals surface area contributed by atoms with Crippen molar-refractivity contribution in [3.63, 3.8) is 0 Å². The molecule has 4 rings (SSSR count). The SMILES string of the molecule is CC1(C)OB(c2cc(F)cc3c2ccn3S(=O)(=O)C2CC2)OC1(C)C. The molecule has 1 saturated carbocycles. The Balaban J connectivity index is 1.85. The van der Waals surface area contributed by atoms with Crippen LogP contribution in [0, 0.1) is 5.82 Å². The number of rotatable bonds is 3. The molecule has 0 spiro atoms. The average Bonchev–Trinajstić information content (AvgIpc) is 3.21. The van der Waals surface area contributed by atoms with E-state index in [0.29, 0.717) is 29.2 Å². The van der Waals surface area contributed by atoms with Gasteiger partial charge in [-0.1, -0.05) is 0 Å². The lowest BCUT2D eigenvalue weighted by molar-refractivity contribution is 0.00578. The molecule has 0 N–H and O–H groups in total. The van der Waals surface area contributed by atoms with Crippen molar-refractivity contribution in [1.82, 2.24) is 3.97 Å². The van der Waals surface area contributed by atoms with Gasteiger partial charge in [-0.15, -0.1) is 0 Å². The Bertz CT molecular complexity index is 946. The molecule has 1 aromatic heterocycles. The summed E-state index contributed by atoms with van der Waals surface area (Å²) in [6.07, 6.45) is 2.80. The maximum atomic E-state index is 14.3. The Kier molecular flexibility index (Phi) is 3.47. The molecule has 2 heterocycles. The lowest BCUT2D eigenvalue weighted by Gasteiger charge is -2.32. The lowest BCUT2D eigenvalue weighted by atomic mass is 9.77. The van der Waals surface area contributed by atoms with Crippen LogP contribution in [0.15, 0.2) is 24.4 Å². The first kappa shape index (κ1) is 17.1. The molecule has 25 heavy (non-hydrogen) atoms. The highest BCUT2D eigenvalue weighted by Gasteiger charge is 2.52. The van der Waals surface area contributed by atoms with Gasteiger partial charge in [-0.2, -0.15) is 0 Å². The summed E-state index contributed by atoms with van der Waals surface area (Å²) >= 11 is 0. The summed E-state index contributed by atoms with van der Waals surface area (Å²) in [5.74, 6) is -0.511. The average molecular weight is 365 g/mol. The van der Waals surface area contributed by atoms with Gasteiger partial charge in [0.25, 0.3) is 0 Å². The van der Waals surface area contributed by atoms with Crippen molar-refractivity contribution in [2.45, 2.75) is 57.0 Å². The van der Waals surface area contributed by atoms with E-state index in [1.165, 1.54) is 22.3 Å². The molecule has 1 aliphatic heterocycles. The standard InChI is InChI=1S/C17H21BFNO4S/c1-16(2)17(3,4)24-18(23-16)14-9-11(19)10-15-13(14)7-8-20(15)25(21,22)12-5-6-12/h7-10,12H,5-6H2,1-4H3. The van der Waals surface area contributed by atoms with Gasteiger partial charge in [-0.3, -0.25) is 0 Å². The van der Waals surface area contributed by atoms with Crippen LogP contribution in [-0.2, 0) is 19.3 Å². The van der Waals surface area contributed by atoms with Crippen molar-refractivity contribution in [2.24, 2.45) is 0 Å². The van der Waals surface area contributed by atoms with Gasteiger partial charge in [0, 0.05) is 11.6 Å². The molecule has 2 fully saturated rings. The van der Waals surface area contributed by atoms with E-state index >= 15 is 0 Å². The molecule has 1 aliphatic carbocycles. The molecule has 2 aromatic rings. The number of hydrogen-bond donors (Lipinski definition) is 0. The van der Waals surface area contributed by atoms with E-state index in [9.17, 15) is 12.8 Å². The molecular weight excluding hydrogens is 344 g/mol. The number of halogens is 1. The Morgan fingerprint density at radius 3 is 2.32 bits per heavy atom. The largest absolute Gasteiger partial charge is 0.495 e. The van der Waals surface area contributed by atoms with Gasteiger partial charge in [0.1, 0.15) is 5.82 Å². The van der Waals surface area contributed by atoms with Crippen molar-refractivity contribution >= 4 is 33.5 Å². The second-order valence-electron chi connectivity index (χ2n) is 7.87. The zero-order chi connectivity index (χ0) is 18.2. The first-order valence-electron chi connectivity index (χ1n) is 8.43. The number of fused-ring (bicyclic) bond motifs is 1. The van der Waals surface area contributed by atoms with Crippen molar-refractivity contribution in [1.29, 1.82) is 0 Å². The van der Waals surface area contributed by atoms with Crippen molar-refractivity contribution in [3.8, 4) is 0 Å². The van der Waals surface area contributed by atoms with Crippen LogP contribution in [0.3, 0.4) is 0 Å². The topological polar surface area (TPSA) is 57.5 Å². The summed E-state index contributed by atoms with van der Waals surface area (Å²) in [4.78, 5) is 0. The molecule has 8 heteroatoms. The number of hydrogen-bond acceptors (Lipinski definition) is 4. The normalized spacial score (nSPS) is 22.7. The second kappa shape index (κ2) is 5.08. The first-order valence-corrected chi connectivity index (χ1v) is 9.94. The van der Waals surface area contributed by atoms with E-state index in [1.54, 1.807) is 6.07 Å². The van der Waals surface area contributed by atoms with Crippen LogP contribution in [0.1, 0.15) is 40.5 Å². The molecule has 0 amide bonds. The Morgan fingerprint density at radius 2 is 1.76 bits per heavy atom. The monoisotopic (exact) mass is 365 g/mol. The van der Waals surface area contributed by atoms with Crippen LogP contribution in [0.2, 0.25) is 0 Å². The molecule has 1 aromatic carbocycles. The van der Waals surface area contributed by atoms with E-state index in [1.807, 2.05) is 27.7 Å². The van der Waals surface area contributed by atoms with Gasteiger partial charge in [-0.25, -0.2) is 16.8 Å². The van der Waals surface area contributed by atoms with E-state index in [2.05, 4.69) is 0 Å². The predicted octanol–water partition coefficient (Wildman–Crippen LogP) is 2.42. The van der Waals surface area contributed by atoms with Crippen LogP contribution in [0.25, 0.3) is 10.9 Å². The smallest absolute Gasteiger partial charge is 0.399 e. The molecule has 0 radical (unpaired) electrons. The second-order valence-corrected chi connectivity index (χ2v) is 9.96. The zero-order valence-electron chi connectivity index (χ0n) is 14.7. The summed E-state index contributed by atoms with van der Waals surface area (Å²) in [7, 11) is -4.23. The Hall–Kier alpha value is -1.38. The molecule has 2 aliphatic rings. The Morgan fingerprint density at radius 1 is 1.16 bits per heavy atom. The van der Waals surface area contributed by atoms with Gasteiger partial charge in [0.15, 0.2) is 0 Å². The molecule has 134 valence electrons. The maximum absolute atomic E-state index is 14.3. The summed E-state index contributed by atoms with van der Waals surface area (Å²) in [6, 6.07) is 4.30. The minimum absolute atomic E-state index is 0.330. The molecule has 5 nitrogen and oxygen atoms in total. The molecule has 0 unspecified atom stereocenters. The summed E-state index contributed by atoms with van der Waals surface area (Å²) in [5, 5.41) is 0.260. The van der Waals surface area contributed by atoms with Crippen LogP contribution in [0.5, 0.6) is 0 Å². The van der Waals surface area contributed by atoms with E-state index in [0.717, 1.165) is 0 Å². The van der Waals surface area contributed by atoms with E-state index in [4.69, 9.17) is 9.31 Å². The number of benzene rings is 1. The third-order valence-corrected chi connectivity index (χ3v) is 7.68. The maximum Gasteiger partial charge on any atom is 0.495 e. The van der Waals surface area contributed by atoms with Crippen molar-refractivity contribution in [3.05, 3.63) is 30.2 Å². The fourth-order valence-corrected chi connectivity index (χ4v) is 4.83. The van der Waals surface area contributed by atoms with Crippen LogP contribution in [-0.4, -0.2) is 36.0 Å².